The Labute approximate surface area is 129 Å². The van der Waals surface area contributed by atoms with E-state index in [9.17, 15) is 10.5 Å². The molecule has 2 aliphatic carbocycles. The zero-order valence-corrected chi connectivity index (χ0v) is 12.1. The van der Waals surface area contributed by atoms with Crippen molar-refractivity contribution in [3.05, 3.63) is 76.4 Å². The molecule has 2 aliphatic rings. The lowest BCUT2D eigenvalue weighted by Gasteiger charge is -2.24. The molecule has 104 valence electrons. The van der Waals surface area contributed by atoms with Gasteiger partial charge in [0.05, 0.1) is 11.1 Å². The van der Waals surface area contributed by atoms with Crippen molar-refractivity contribution in [2.24, 2.45) is 0 Å². The minimum atomic E-state index is 0.00333. The van der Waals surface area contributed by atoms with Crippen LogP contribution in [0.5, 0.6) is 0 Å². The van der Waals surface area contributed by atoms with Gasteiger partial charge in [0.25, 0.3) is 0 Å². The summed E-state index contributed by atoms with van der Waals surface area (Å²) >= 11 is 0. The minimum absolute atomic E-state index is 0.00333. The van der Waals surface area contributed by atoms with E-state index in [1.807, 2.05) is 12.1 Å². The van der Waals surface area contributed by atoms with Crippen molar-refractivity contribution in [3.63, 3.8) is 0 Å². The lowest BCUT2D eigenvalue weighted by atomic mass is 9.77. The average molecular weight is 282 g/mol. The number of fused-ring (bicyclic) bond motifs is 2. The molecule has 0 aromatic heterocycles. The topological polar surface area (TPSA) is 47.6 Å². The molecule has 4 rings (SSSR count). The summed E-state index contributed by atoms with van der Waals surface area (Å²) in [4.78, 5) is 0. The number of rotatable bonds is 1. The van der Waals surface area contributed by atoms with Crippen LogP contribution in [0.3, 0.4) is 0 Å². The molecule has 2 atom stereocenters. The van der Waals surface area contributed by atoms with E-state index in [-0.39, 0.29) is 5.41 Å². The predicted octanol–water partition coefficient (Wildman–Crippen LogP) is 4.27. The Balaban J connectivity index is 1.90. The minimum Gasteiger partial charge on any atom is -0.192 e. The lowest BCUT2D eigenvalue weighted by Crippen LogP contribution is -2.16. The molecule has 22 heavy (non-hydrogen) atoms. The molecule has 0 N–H and O–H groups in total. The first-order valence-corrected chi connectivity index (χ1v) is 7.49. The summed E-state index contributed by atoms with van der Waals surface area (Å²) in [5.74, 6) is 0.443. The molecule has 0 heterocycles. The van der Waals surface area contributed by atoms with E-state index in [4.69, 9.17) is 0 Å². The number of nitriles is 2. The Kier molecular flexibility index (Phi) is 2.68. The van der Waals surface area contributed by atoms with Crippen molar-refractivity contribution < 1.29 is 0 Å². The molecule has 0 aliphatic heterocycles. The van der Waals surface area contributed by atoms with Gasteiger partial charge in [-0.2, -0.15) is 10.5 Å². The number of benzene rings is 2. The normalized spacial score (nSPS) is 24.4. The predicted molar refractivity (Wildman–Crippen MR) is 85.0 cm³/mol. The number of nitrogens with zero attached hydrogens (tertiary/aromatic N) is 2. The van der Waals surface area contributed by atoms with Crippen LogP contribution in [0.2, 0.25) is 0 Å². The van der Waals surface area contributed by atoms with Gasteiger partial charge in [0, 0.05) is 5.41 Å². The van der Waals surface area contributed by atoms with Crippen molar-refractivity contribution in [1.82, 2.24) is 0 Å². The van der Waals surface area contributed by atoms with Gasteiger partial charge in [0.2, 0.25) is 0 Å². The highest BCUT2D eigenvalue weighted by molar-refractivity contribution is 5.70. The average Bonchev–Trinajstić information content (AvgIpc) is 3.29. The summed E-state index contributed by atoms with van der Waals surface area (Å²) in [6, 6.07) is 18.7. The van der Waals surface area contributed by atoms with Gasteiger partial charge in [-0.25, -0.2) is 0 Å². The van der Waals surface area contributed by atoms with Crippen LogP contribution < -0.4 is 0 Å². The second-order valence-corrected chi connectivity index (χ2v) is 6.11. The zero-order chi connectivity index (χ0) is 15.2. The van der Waals surface area contributed by atoms with E-state index >= 15 is 0 Å². The molecule has 1 fully saturated rings. The standard InChI is InChI=1S/C20H14N2/c21-12-16-9-8-15-7-4-10-20(19(15)17(16)13-22)11-18(20)14-5-2-1-3-6-14/h1-9,18H,10-11H2/t18?,20-/m1/s1. The van der Waals surface area contributed by atoms with Crippen molar-refractivity contribution in [2.45, 2.75) is 24.2 Å². The van der Waals surface area contributed by atoms with Gasteiger partial charge in [0.15, 0.2) is 0 Å². The first-order valence-electron chi connectivity index (χ1n) is 7.49. The maximum Gasteiger partial charge on any atom is 0.101 e. The van der Waals surface area contributed by atoms with E-state index in [2.05, 4.69) is 48.6 Å². The summed E-state index contributed by atoms with van der Waals surface area (Å²) in [5.41, 5.74) is 4.58. The smallest absolute Gasteiger partial charge is 0.101 e. The third kappa shape index (κ3) is 1.65. The van der Waals surface area contributed by atoms with Gasteiger partial charge in [0.1, 0.15) is 12.1 Å². The number of hydrogen-bond acceptors (Lipinski definition) is 2. The largest absolute Gasteiger partial charge is 0.192 e. The molecule has 0 radical (unpaired) electrons. The zero-order valence-electron chi connectivity index (χ0n) is 12.1. The highest BCUT2D eigenvalue weighted by atomic mass is 14.6. The summed E-state index contributed by atoms with van der Waals surface area (Å²) in [6.07, 6.45) is 6.29. The van der Waals surface area contributed by atoms with Crippen LogP contribution in [0, 0.1) is 22.7 Å². The molecule has 2 heteroatoms. The molecule has 0 amide bonds. The second kappa shape index (κ2) is 4.58. The third-order valence-electron chi connectivity index (χ3n) is 5.02. The molecular weight excluding hydrogens is 268 g/mol. The van der Waals surface area contributed by atoms with E-state index in [1.54, 1.807) is 6.07 Å². The van der Waals surface area contributed by atoms with Crippen molar-refractivity contribution in [3.8, 4) is 12.1 Å². The fraction of sp³-hybridized carbons (Fsp3) is 0.200. The van der Waals surface area contributed by atoms with E-state index in [0.29, 0.717) is 17.0 Å². The molecule has 2 aromatic carbocycles. The van der Waals surface area contributed by atoms with Crippen molar-refractivity contribution in [2.75, 3.05) is 0 Å². The molecular formula is C20H14N2. The van der Waals surface area contributed by atoms with Crippen LogP contribution in [-0.4, -0.2) is 0 Å². The fourth-order valence-corrected chi connectivity index (χ4v) is 3.93. The Hall–Kier alpha value is -2.84. The fourth-order valence-electron chi connectivity index (χ4n) is 3.93. The summed E-state index contributed by atoms with van der Waals surface area (Å²) in [6.45, 7) is 0. The number of allylic oxidation sites excluding steroid dienone is 1. The molecule has 1 unspecified atom stereocenters. The van der Waals surface area contributed by atoms with E-state index in [1.165, 1.54) is 5.56 Å². The van der Waals surface area contributed by atoms with E-state index < -0.39 is 0 Å². The second-order valence-electron chi connectivity index (χ2n) is 6.11. The number of hydrogen-bond donors (Lipinski definition) is 0. The highest BCUT2D eigenvalue weighted by Crippen LogP contribution is 2.65. The Morgan fingerprint density at radius 3 is 2.55 bits per heavy atom. The Bertz CT molecular complexity index is 865. The SMILES string of the molecule is N#Cc1ccc2c(c1C#N)[C@]1(CC=C2)CC1c1ccccc1. The summed E-state index contributed by atoms with van der Waals surface area (Å²) in [5, 5.41) is 18.9. The van der Waals surface area contributed by atoms with Crippen LogP contribution in [0.15, 0.2) is 48.5 Å². The Morgan fingerprint density at radius 1 is 1.00 bits per heavy atom. The molecule has 0 saturated heterocycles. The van der Waals surface area contributed by atoms with Gasteiger partial charge in [-0.1, -0.05) is 48.6 Å². The highest BCUT2D eigenvalue weighted by Gasteiger charge is 2.57. The molecule has 1 spiro atoms. The van der Waals surface area contributed by atoms with Crippen LogP contribution in [0.25, 0.3) is 6.08 Å². The lowest BCUT2D eigenvalue weighted by molar-refractivity contribution is 0.666. The van der Waals surface area contributed by atoms with Gasteiger partial charge in [-0.05, 0) is 41.5 Å². The van der Waals surface area contributed by atoms with E-state index in [0.717, 1.165) is 24.0 Å². The maximum atomic E-state index is 9.60. The third-order valence-corrected chi connectivity index (χ3v) is 5.02. The quantitative estimate of drug-likeness (QED) is 0.784. The first kappa shape index (κ1) is 12.9. The summed E-state index contributed by atoms with van der Waals surface area (Å²) < 4.78 is 0. The van der Waals surface area contributed by atoms with Crippen LogP contribution in [0.1, 0.15) is 46.6 Å². The summed E-state index contributed by atoms with van der Waals surface area (Å²) in [7, 11) is 0. The van der Waals surface area contributed by atoms with Crippen LogP contribution >= 0.6 is 0 Å². The first-order chi connectivity index (χ1) is 10.8. The monoisotopic (exact) mass is 282 g/mol. The molecule has 1 saturated carbocycles. The molecule has 2 nitrogen and oxygen atoms in total. The van der Waals surface area contributed by atoms with Gasteiger partial charge >= 0.3 is 0 Å². The maximum absolute atomic E-state index is 9.60. The van der Waals surface area contributed by atoms with Crippen LogP contribution in [0.4, 0.5) is 0 Å². The van der Waals surface area contributed by atoms with Gasteiger partial charge in [-0.15, -0.1) is 0 Å². The van der Waals surface area contributed by atoms with Gasteiger partial charge < -0.3 is 0 Å². The Morgan fingerprint density at radius 2 is 1.82 bits per heavy atom. The van der Waals surface area contributed by atoms with Crippen molar-refractivity contribution >= 4 is 6.08 Å². The molecule has 0 bridgehead atoms. The van der Waals surface area contributed by atoms with Crippen molar-refractivity contribution in [1.29, 1.82) is 10.5 Å². The molecule has 2 aromatic rings. The van der Waals surface area contributed by atoms with Crippen LogP contribution in [-0.2, 0) is 5.41 Å². The van der Waals surface area contributed by atoms with Gasteiger partial charge in [-0.3, -0.25) is 0 Å².